The second-order valence-electron chi connectivity index (χ2n) is 33.8. The molecule has 0 bridgehead atoms. The van der Waals surface area contributed by atoms with Crippen LogP contribution in [0.1, 0.15) is 100 Å². The van der Waals surface area contributed by atoms with Gasteiger partial charge in [0.15, 0.2) is 11.5 Å². The normalized spacial score (nSPS) is 13.2. The highest BCUT2D eigenvalue weighted by atomic mass is 19.1. The minimum atomic E-state index is -0.597. The Balaban J connectivity index is 0.000000144. The number of carbonyl (C=O) groups excluding carboxylic acids is 6. The van der Waals surface area contributed by atoms with Crippen LogP contribution in [-0.4, -0.2) is 101 Å². The lowest BCUT2D eigenvalue weighted by atomic mass is 10.1. The number of fused-ring (bicyclic) bond motifs is 6. The lowest BCUT2D eigenvalue weighted by Crippen LogP contribution is -2.19. The summed E-state index contributed by atoms with van der Waals surface area (Å²) in [6.45, 7) is 10.6. The van der Waals surface area contributed by atoms with Crippen LogP contribution < -0.4 is 84.7 Å². The fraction of sp³-hybridized carbons (Fsp3) is 0.189. The van der Waals surface area contributed by atoms with Crippen LogP contribution >= 0.6 is 0 Å². The second kappa shape index (κ2) is 51.6. The van der Waals surface area contributed by atoms with Crippen LogP contribution in [-0.2, 0) is 136 Å². The smallest absolute Gasteiger partial charge is 0.349 e. The first-order chi connectivity index (χ1) is 69.5. The Labute approximate surface area is 828 Å². The topological polar surface area (TPSA) is 430 Å². The molecule has 143 heavy (non-hydrogen) atoms. The number of nitrogens with zero attached hydrogens (tertiary/aromatic N) is 7. The van der Waals surface area contributed by atoms with Crippen molar-refractivity contribution in [1.82, 2.24) is 0 Å². The molecule has 0 fully saturated rings. The Kier molecular flexibility index (Phi) is 37.3. The molecule has 0 aliphatic carbocycles. The van der Waals surface area contributed by atoms with Gasteiger partial charge in [0.1, 0.15) is 11.6 Å². The summed E-state index contributed by atoms with van der Waals surface area (Å²) < 4.78 is 28.9. The maximum Gasteiger partial charge on any atom is 0.349 e. The summed E-state index contributed by atoms with van der Waals surface area (Å²) in [6.07, 6.45) is 23.9. The quantitative estimate of drug-likeness (QED) is 0.0104. The van der Waals surface area contributed by atoms with Crippen LogP contribution in [0.2, 0.25) is 0 Å². The number of methoxy groups -OCH3 is 3. The van der Waals surface area contributed by atoms with Gasteiger partial charge in [0.25, 0.3) is 5.69 Å². The summed E-state index contributed by atoms with van der Waals surface area (Å²) >= 11 is 0. The number of hydrogen-bond acceptors (Lipinski definition) is 30. The first-order valence-corrected chi connectivity index (χ1v) is 46.0. The predicted molar refractivity (Wildman–Crippen MR) is 552 cm³/mol. The number of anilines is 7. The molecule has 14 N–H and O–H groups in total. The van der Waals surface area contributed by atoms with Crippen molar-refractivity contribution in [2.24, 2.45) is 35.4 Å². The molecule has 0 spiro atoms. The lowest BCUT2D eigenvalue weighted by molar-refractivity contribution is -0.384. The molecule has 32 heteroatoms. The summed E-state index contributed by atoms with van der Waals surface area (Å²) in [7, 11) is 4.95. The molecule has 0 amide bonds. The van der Waals surface area contributed by atoms with Crippen LogP contribution in [0.4, 0.5) is 49.9 Å². The van der Waals surface area contributed by atoms with Gasteiger partial charge in [-0.05, 0) is 296 Å². The maximum atomic E-state index is 13.0. The molecule has 6 aliphatic heterocycles. The van der Waals surface area contributed by atoms with Gasteiger partial charge in [-0.2, -0.15) is 35.4 Å². The van der Waals surface area contributed by atoms with E-state index in [2.05, 4.69) is 168 Å². The van der Waals surface area contributed by atoms with E-state index >= 15 is 0 Å². The van der Waals surface area contributed by atoms with E-state index in [1.54, 1.807) is 69.9 Å². The predicted octanol–water partition coefficient (Wildman–Crippen LogP) is 15.7. The molecule has 12 aromatic carbocycles. The molecule has 12 aromatic rings. The van der Waals surface area contributed by atoms with Gasteiger partial charge < -0.3 is 78.4 Å². The number of nitrogen functional groups attached to an aromatic ring is 1. The van der Waals surface area contributed by atoms with Crippen LogP contribution in [0, 0.1) is 15.9 Å². The number of rotatable bonds is 28. The lowest BCUT2D eigenvalue weighted by Gasteiger charge is -2.20. The molecular weight excluding hydrogens is 1820 g/mol. The van der Waals surface area contributed by atoms with Gasteiger partial charge in [-0.3, -0.25) is 10.1 Å². The minimum absolute atomic E-state index is 0.0954. The zero-order valence-electron chi connectivity index (χ0n) is 79.4. The van der Waals surface area contributed by atoms with E-state index in [-0.39, 0.29) is 11.5 Å². The Hall–Kier alpha value is -17.0. The Morgan fingerprint density at radius 2 is 0.545 bits per heavy atom. The maximum absolute atomic E-state index is 13.0. The third kappa shape index (κ3) is 29.8. The zero-order valence-corrected chi connectivity index (χ0v) is 79.4. The molecule has 0 saturated carbocycles. The summed E-state index contributed by atoms with van der Waals surface area (Å²) in [6, 6.07) is 82.5. The van der Waals surface area contributed by atoms with Crippen molar-refractivity contribution in [1.29, 1.82) is 0 Å². The summed E-state index contributed by atoms with van der Waals surface area (Å²) in [5, 5.41) is 10.7. The van der Waals surface area contributed by atoms with Crippen LogP contribution in [0.25, 0.3) is 36.5 Å². The van der Waals surface area contributed by atoms with Crippen LogP contribution in [0.3, 0.4) is 0 Å². The molecule has 6 heterocycles. The van der Waals surface area contributed by atoms with Gasteiger partial charge >= 0.3 is 35.8 Å². The van der Waals surface area contributed by atoms with Gasteiger partial charge in [0.05, 0.1) is 26.3 Å². The average Bonchev–Trinajstić information content (AvgIpc) is 1.70. The van der Waals surface area contributed by atoms with Crippen molar-refractivity contribution in [3.63, 3.8) is 0 Å². The molecule has 0 saturated heterocycles. The second-order valence-corrected chi connectivity index (χ2v) is 33.8. The molecule has 0 atom stereocenters. The van der Waals surface area contributed by atoms with Crippen molar-refractivity contribution in [3.8, 4) is 17.2 Å². The Morgan fingerprint density at radius 3 is 0.804 bits per heavy atom. The summed E-state index contributed by atoms with van der Waals surface area (Å²) in [5.74, 6) is 27.6. The minimum Gasteiger partial charge on any atom is -0.497 e. The summed E-state index contributed by atoms with van der Waals surface area (Å²) in [4.78, 5) is 115. The fourth-order valence-corrected chi connectivity index (χ4v) is 17.3. The van der Waals surface area contributed by atoms with E-state index in [1.807, 2.05) is 109 Å². The van der Waals surface area contributed by atoms with E-state index in [0.29, 0.717) is 6.54 Å². The Bertz CT molecular complexity index is 6510. The number of ether oxygens (including phenoxy) is 3. The van der Waals surface area contributed by atoms with Crippen molar-refractivity contribution < 1.29 is 81.3 Å². The third-order valence-electron chi connectivity index (χ3n) is 24.5. The number of carbonyl (C=O) groups is 6. The van der Waals surface area contributed by atoms with Crippen LogP contribution in [0.15, 0.2) is 291 Å². The zero-order chi connectivity index (χ0) is 101. The molecule has 0 aromatic heterocycles. The molecule has 6 aliphatic rings. The van der Waals surface area contributed by atoms with Gasteiger partial charge in [-0.25, -0.2) is 33.2 Å². The molecule has 0 unspecified atom stereocenters. The highest BCUT2D eigenvalue weighted by molar-refractivity contribution is 5.91. The van der Waals surface area contributed by atoms with Gasteiger partial charge in [0, 0.05) is 167 Å². The van der Waals surface area contributed by atoms with Gasteiger partial charge in [-0.15, -0.1) is 0 Å². The van der Waals surface area contributed by atoms with Gasteiger partial charge in [-0.1, -0.05) is 121 Å². The number of halogens is 1. The van der Waals surface area contributed by atoms with Crippen molar-refractivity contribution in [2.45, 2.75) is 77.8 Å². The summed E-state index contributed by atoms with van der Waals surface area (Å²) in [5.41, 5.74) is 34.2. The molecule has 736 valence electrons. The molecule has 31 nitrogen and oxygen atoms in total. The monoisotopic (exact) mass is 1930 g/mol. The number of hydrogen-bond donors (Lipinski definition) is 7. The fourth-order valence-electron chi connectivity index (χ4n) is 17.3. The average molecular weight is 1930 g/mol. The first kappa shape index (κ1) is 103. The SMILES string of the molecule is COc1ccc(CN2CCc3cc(/C=C/C(=O)ON)ccc32)cc1.COc1ccc(CN2CCc3cc(/C=C/C(=O)ON)ccc32)cc1OC.NOC(=O)/C=C/c1ccc2c(c1)CCN2Cc1ccc(F)cc1.NOC(=O)/C=C/c1ccc2c(c1)CCN2Cc1ccc(N)cc1.NOC(=O)/C=C/c1ccc2c(c1)CCN2Cc1ccc([N+](=O)[O-])cc1.NOC(=O)/C=C/c1ccc2c(c1)CCN2Cc1ccccc1. The van der Waals surface area contributed by atoms with E-state index in [1.165, 1.54) is 139 Å². The Morgan fingerprint density at radius 1 is 0.301 bits per heavy atom. The van der Waals surface area contributed by atoms with Crippen LogP contribution in [0.5, 0.6) is 17.2 Å². The number of benzene rings is 12. The van der Waals surface area contributed by atoms with E-state index in [4.69, 9.17) is 55.3 Å². The van der Waals surface area contributed by atoms with E-state index in [9.17, 15) is 43.3 Å². The van der Waals surface area contributed by atoms with Crippen molar-refractivity contribution in [3.05, 3.63) is 407 Å². The van der Waals surface area contributed by atoms with Gasteiger partial charge in [0.2, 0.25) is 0 Å². The molecule has 18 rings (SSSR count). The number of nitro groups is 1. The highest BCUT2D eigenvalue weighted by Crippen LogP contribution is 2.39. The molecule has 0 radical (unpaired) electrons. The standard InChI is InChI=1S/C20H22N2O4.C19H20N2O3.C18H17FN2O2.C18H17N3O4.C18H19N3O2.C18H18N2O2/c1-24-18-7-4-15(12-19(18)25-2)13-22-10-9-16-11-14(3-6-17(16)22)5-8-20(23)26-21;1-23-17-6-2-15(3-7-17)13-21-11-10-16-12-14(4-8-18(16)21)5-9-19(22)24-20;19-16-5-1-14(2-6-16)12-21-10-9-15-11-13(3-7-17(15)21)4-8-18(22)23-20;19-25-18(22)8-4-13-3-7-17-15(11-13)9-10-20(17)12-14-1-5-16(6-2-14)21(23)24;19-16-5-1-14(2-6-16)12-21-10-9-15-11-13(3-7-17(15)21)4-8-18(22)23-20;19-22-18(21)9-7-14-6-8-17-16(12-14)10-11-20(17)13-15-4-2-1-3-5-15/h3-8,11-12H,9-10,13,21H2,1-2H3;2-9,12H,10-11,13,20H2,1H3;1-8,11H,9-10,12,20H2;1-8,11H,9-10,12,19H2;1-8,11H,9-10,12,19-20H2;1-9,12H,10-11,13,19H2/b8-5+;9-5+;3*8-4+;9-7+. The first-order valence-electron chi connectivity index (χ1n) is 46.0. The van der Waals surface area contributed by atoms with Crippen molar-refractivity contribution in [2.75, 3.05) is 95.7 Å². The molecular formula is C111H113FN14O17. The van der Waals surface area contributed by atoms with E-state index in [0.717, 1.165) is 189 Å². The highest BCUT2D eigenvalue weighted by Gasteiger charge is 2.27. The number of nitro benzene ring substituents is 1. The number of nitrogens with two attached hydrogens (primary N) is 7. The number of non-ortho nitro benzene ring substituents is 1. The largest absolute Gasteiger partial charge is 0.497 e. The van der Waals surface area contributed by atoms with E-state index < -0.39 is 40.7 Å². The third-order valence-corrected chi connectivity index (χ3v) is 24.5. The van der Waals surface area contributed by atoms with Crippen molar-refractivity contribution >= 4 is 118 Å².